The molecule has 4 nitrogen and oxygen atoms in total. The number of furan rings is 1. The first-order valence-electron chi connectivity index (χ1n) is 20.5. The number of hydrogen-bond donors (Lipinski definition) is 0. The molecule has 58 heavy (non-hydrogen) atoms. The van der Waals surface area contributed by atoms with Crippen LogP contribution in [0.4, 0.5) is 28.4 Å². The van der Waals surface area contributed by atoms with Crippen LogP contribution in [0.15, 0.2) is 168 Å². The van der Waals surface area contributed by atoms with E-state index in [0.717, 1.165) is 96.6 Å². The molecule has 2 heterocycles. The lowest BCUT2D eigenvalue weighted by atomic mass is 9.87. The molecule has 0 atom stereocenters. The van der Waals surface area contributed by atoms with Crippen molar-refractivity contribution in [3.8, 4) is 22.6 Å². The lowest BCUT2D eigenvalue weighted by molar-refractivity contribution is 0.487. The standard InChI is InChI=1S/C54H48N2O2/c1-53(2,3)35-20-24-39(25-21-35)55(37-14-9-7-10-15-37)41-28-30-43-46-34-50-51(45-18-13-19-47(52(45)46)57-48(43)32-41)44-31-29-42(33-49(44)58-50)56(38-16-11-8-12-17-38)40-26-22-36(23-27-40)54(4,5)6/h7-11,13-16,18-34H,12,17H2,1-6H3. The fourth-order valence-corrected chi connectivity index (χ4v) is 8.72. The normalized spacial score (nSPS) is 13.7. The number of anilines is 5. The van der Waals surface area contributed by atoms with E-state index in [0.29, 0.717) is 0 Å². The Morgan fingerprint density at radius 2 is 1.12 bits per heavy atom. The maximum absolute atomic E-state index is 6.86. The van der Waals surface area contributed by atoms with Gasteiger partial charge in [0.05, 0.1) is 0 Å². The van der Waals surface area contributed by atoms with E-state index in [-0.39, 0.29) is 10.8 Å². The van der Waals surface area contributed by atoms with E-state index >= 15 is 0 Å². The van der Waals surface area contributed by atoms with Crippen molar-refractivity contribution >= 4 is 61.1 Å². The van der Waals surface area contributed by atoms with Crippen molar-refractivity contribution in [2.24, 2.45) is 0 Å². The summed E-state index contributed by atoms with van der Waals surface area (Å²) >= 11 is 0. The highest BCUT2D eigenvalue weighted by atomic mass is 16.5. The predicted molar refractivity (Wildman–Crippen MR) is 244 cm³/mol. The minimum absolute atomic E-state index is 0.0710. The van der Waals surface area contributed by atoms with Crippen molar-refractivity contribution in [1.82, 2.24) is 0 Å². The summed E-state index contributed by atoms with van der Waals surface area (Å²) in [6.45, 7) is 13.5. The fraction of sp³-hybridized carbons (Fsp3) is 0.185. The van der Waals surface area contributed by atoms with Crippen molar-refractivity contribution in [2.75, 3.05) is 9.80 Å². The number of allylic oxidation sites excluding steroid dienone is 4. The van der Waals surface area contributed by atoms with E-state index in [2.05, 4.69) is 209 Å². The summed E-state index contributed by atoms with van der Waals surface area (Å²) in [5, 5.41) is 4.45. The molecule has 0 N–H and O–H groups in total. The highest BCUT2D eigenvalue weighted by Crippen LogP contribution is 2.52. The average Bonchev–Trinajstić information content (AvgIpc) is 3.60. The Kier molecular flexibility index (Phi) is 8.38. The molecule has 7 aromatic carbocycles. The topological polar surface area (TPSA) is 28.9 Å². The van der Waals surface area contributed by atoms with Crippen molar-refractivity contribution < 1.29 is 9.15 Å². The Morgan fingerprint density at radius 3 is 1.79 bits per heavy atom. The smallest absolute Gasteiger partial charge is 0.137 e. The first-order valence-corrected chi connectivity index (χ1v) is 20.5. The predicted octanol–water partition coefficient (Wildman–Crippen LogP) is 15.9. The van der Waals surface area contributed by atoms with E-state index < -0.39 is 0 Å². The van der Waals surface area contributed by atoms with Gasteiger partial charge in [0, 0.05) is 73.6 Å². The van der Waals surface area contributed by atoms with Crippen LogP contribution < -0.4 is 14.5 Å². The van der Waals surface area contributed by atoms with Gasteiger partial charge in [-0.2, -0.15) is 0 Å². The van der Waals surface area contributed by atoms with Gasteiger partial charge in [-0.05, 0) is 119 Å². The minimum Gasteiger partial charge on any atom is -0.456 e. The van der Waals surface area contributed by atoms with Gasteiger partial charge < -0.3 is 19.0 Å². The number of ether oxygens (including phenoxy) is 1. The van der Waals surface area contributed by atoms with Crippen LogP contribution in [0.1, 0.15) is 65.5 Å². The van der Waals surface area contributed by atoms with Crippen LogP contribution in [0, 0.1) is 0 Å². The maximum atomic E-state index is 6.86. The number of nitrogens with zero attached hydrogens (tertiary/aromatic N) is 2. The molecule has 1 aliphatic heterocycles. The molecule has 1 aliphatic carbocycles. The highest BCUT2D eigenvalue weighted by molar-refractivity contribution is 6.24. The summed E-state index contributed by atoms with van der Waals surface area (Å²) in [6.07, 6.45) is 8.65. The van der Waals surface area contributed by atoms with Crippen molar-refractivity contribution in [3.63, 3.8) is 0 Å². The molecule has 8 aromatic rings. The molecule has 4 heteroatoms. The molecular formula is C54H48N2O2. The third kappa shape index (κ3) is 6.15. The molecule has 0 radical (unpaired) electrons. The summed E-state index contributed by atoms with van der Waals surface area (Å²) in [7, 11) is 0. The molecule has 0 amide bonds. The summed E-state index contributed by atoms with van der Waals surface area (Å²) < 4.78 is 13.7. The Bertz CT molecular complexity index is 2920. The molecule has 0 spiro atoms. The van der Waals surface area contributed by atoms with Gasteiger partial charge in [0.1, 0.15) is 22.7 Å². The van der Waals surface area contributed by atoms with Gasteiger partial charge >= 0.3 is 0 Å². The van der Waals surface area contributed by atoms with Crippen LogP contribution >= 0.6 is 0 Å². The molecule has 0 unspecified atom stereocenters. The number of hydrogen-bond acceptors (Lipinski definition) is 4. The quantitative estimate of drug-likeness (QED) is 0.169. The number of benzene rings is 7. The van der Waals surface area contributed by atoms with Crippen molar-refractivity contribution in [2.45, 2.75) is 65.2 Å². The van der Waals surface area contributed by atoms with Crippen LogP contribution in [0.2, 0.25) is 0 Å². The lowest BCUT2D eigenvalue weighted by Crippen LogP contribution is -2.18. The Hall–Kier alpha value is -6.52. The van der Waals surface area contributed by atoms with Crippen molar-refractivity contribution in [3.05, 3.63) is 175 Å². The van der Waals surface area contributed by atoms with Crippen LogP contribution in [0.3, 0.4) is 0 Å². The zero-order chi connectivity index (χ0) is 39.8. The Labute approximate surface area is 341 Å². The SMILES string of the molecule is CC(C)(C)c1ccc(N(C2=CC=CCC2)c2ccc3c(c2)oc2cc4c5c(cccc5c23)Oc2cc(N(c3ccccc3)c3ccc(C(C)(C)C)cc3)ccc2-4)cc1. The Morgan fingerprint density at radius 1 is 0.483 bits per heavy atom. The molecule has 0 saturated heterocycles. The minimum atomic E-state index is 0.0710. The molecule has 286 valence electrons. The average molecular weight is 757 g/mol. The van der Waals surface area contributed by atoms with Crippen LogP contribution in [0.25, 0.3) is 43.8 Å². The molecule has 10 rings (SSSR count). The molecule has 0 fully saturated rings. The monoisotopic (exact) mass is 756 g/mol. The van der Waals surface area contributed by atoms with E-state index in [1.807, 2.05) is 0 Å². The number of fused-ring (bicyclic) bond motifs is 6. The summed E-state index contributed by atoms with van der Waals surface area (Å²) in [5.74, 6) is 1.68. The van der Waals surface area contributed by atoms with Crippen LogP contribution in [0.5, 0.6) is 11.5 Å². The molecule has 2 aliphatic rings. The third-order valence-corrected chi connectivity index (χ3v) is 11.8. The van der Waals surface area contributed by atoms with E-state index in [9.17, 15) is 0 Å². The molecular weight excluding hydrogens is 709 g/mol. The first-order chi connectivity index (χ1) is 28.0. The number of para-hydroxylation sites is 1. The van der Waals surface area contributed by atoms with E-state index in [4.69, 9.17) is 9.15 Å². The molecule has 0 bridgehead atoms. The van der Waals surface area contributed by atoms with Gasteiger partial charge in [-0.1, -0.05) is 108 Å². The van der Waals surface area contributed by atoms with Gasteiger partial charge in [0.2, 0.25) is 0 Å². The lowest BCUT2D eigenvalue weighted by Gasteiger charge is -2.29. The molecule has 1 aromatic heterocycles. The zero-order valence-electron chi connectivity index (χ0n) is 34.1. The van der Waals surface area contributed by atoms with Gasteiger partial charge in [-0.3, -0.25) is 0 Å². The molecule has 0 saturated carbocycles. The van der Waals surface area contributed by atoms with Crippen molar-refractivity contribution in [1.29, 1.82) is 0 Å². The van der Waals surface area contributed by atoms with Gasteiger partial charge in [-0.25, -0.2) is 0 Å². The second-order valence-electron chi connectivity index (χ2n) is 17.8. The van der Waals surface area contributed by atoms with Gasteiger partial charge in [-0.15, -0.1) is 0 Å². The van der Waals surface area contributed by atoms with Gasteiger partial charge in [0.25, 0.3) is 0 Å². The first kappa shape index (κ1) is 35.9. The van der Waals surface area contributed by atoms with Crippen LogP contribution in [-0.4, -0.2) is 0 Å². The van der Waals surface area contributed by atoms with Crippen LogP contribution in [-0.2, 0) is 10.8 Å². The Balaban J connectivity index is 1.08. The van der Waals surface area contributed by atoms with Gasteiger partial charge in [0.15, 0.2) is 0 Å². The largest absolute Gasteiger partial charge is 0.456 e. The number of rotatable bonds is 6. The summed E-state index contributed by atoms with van der Waals surface area (Å²) in [4.78, 5) is 4.69. The summed E-state index contributed by atoms with van der Waals surface area (Å²) in [5.41, 5.74) is 13.4. The maximum Gasteiger partial charge on any atom is 0.137 e. The highest BCUT2D eigenvalue weighted by Gasteiger charge is 2.27. The van der Waals surface area contributed by atoms with E-state index in [1.54, 1.807) is 0 Å². The fourth-order valence-electron chi connectivity index (χ4n) is 8.72. The summed E-state index contributed by atoms with van der Waals surface area (Å²) in [6, 6.07) is 50.4. The second kappa shape index (κ2) is 13.6. The zero-order valence-corrected chi connectivity index (χ0v) is 34.1. The second-order valence-corrected chi connectivity index (χ2v) is 17.8. The third-order valence-electron chi connectivity index (χ3n) is 11.8. The van der Waals surface area contributed by atoms with E-state index in [1.165, 1.54) is 16.8 Å².